The van der Waals surface area contributed by atoms with Gasteiger partial charge < -0.3 is 10.6 Å². The van der Waals surface area contributed by atoms with Crippen LogP contribution < -0.4 is 10.6 Å². The Balaban J connectivity index is 1.67. The molecule has 0 aliphatic heterocycles. The summed E-state index contributed by atoms with van der Waals surface area (Å²) >= 11 is 5.20. The lowest BCUT2D eigenvalue weighted by atomic mass is 10.1. The first-order valence-electron chi connectivity index (χ1n) is 7.48. The Bertz CT molecular complexity index is 662. The molecule has 0 saturated carbocycles. The van der Waals surface area contributed by atoms with Gasteiger partial charge in [-0.3, -0.25) is 10.1 Å². The summed E-state index contributed by atoms with van der Waals surface area (Å²) in [5, 5.41) is 17.3. The SMILES string of the molecule is O=[N+]([O-])c1cccc(NC(=S)NCCCCc2ccccc2)c1. The Kier molecular flexibility index (Phi) is 6.50. The van der Waals surface area contributed by atoms with E-state index < -0.39 is 4.92 Å². The van der Waals surface area contributed by atoms with Crippen LogP contribution in [-0.2, 0) is 6.42 Å². The summed E-state index contributed by atoms with van der Waals surface area (Å²) in [4.78, 5) is 10.3. The molecule has 0 aliphatic rings. The van der Waals surface area contributed by atoms with E-state index >= 15 is 0 Å². The molecule has 0 radical (unpaired) electrons. The molecule has 0 bridgehead atoms. The Morgan fingerprint density at radius 3 is 2.61 bits per heavy atom. The number of benzene rings is 2. The topological polar surface area (TPSA) is 67.2 Å². The van der Waals surface area contributed by atoms with Crippen molar-refractivity contribution in [1.29, 1.82) is 0 Å². The second-order valence-electron chi connectivity index (χ2n) is 5.13. The minimum atomic E-state index is -0.425. The summed E-state index contributed by atoms with van der Waals surface area (Å²) in [6.07, 6.45) is 3.13. The molecule has 0 saturated heterocycles. The summed E-state index contributed by atoms with van der Waals surface area (Å²) in [5.41, 5.74) is 1.99. The number of nitro benzene ring substituents is 1. The number of non-ortho nitro benzene ring substituents is 1. The smallest absolute Gasteiger partial charge is 0.271 e. The van der Waals surface area contributed by atoms with Crippen LogP contribution in [-0.4, -0.2) is 16.6 Å². The average Bonchev–Trinajstić information content (AvgIpc) is 2.55. The number of hydrogen-bond acceptors (Lipinski definition) is 3. The van der Waals surface area contributed by atoms with Crippen LogP contribution in [0.2, 0.25) is 0 Å². The van der Waals surface area contributed by atoms with Crippen molar-refractivity contribution in [2.75, 3.05) is 11.9 Å². The van der Waals surface area contributed by atoms with Crippen molar-refractivity contribution < 1.29 is 4.92 Å². The van der Waals surface area contributed by atoms with Gasteiger partial charge in [-0.2, -0.15) is 0 Å². The summed E-state index contributed by atoms with van der Waals surface area (Å²) in [6, 6.07) is 16.7. The third-order valence-electron chi connectivity index (χ3n) is 3.34. The Labute approximate surface area is 140 Å². The zero-order valence-electron chi connectivity index (χ0n) is 12.7. The molecule has 2 aromatic rings. The molecule has 0 atom stereocenters. The second kappa shape index (κ2) is 8.85. The molecule has 0 aliphatic carbocycles. The molecule has 0 fully saturated rings. The van der Waals surface area contributed by atoms with Crippen molar-refractivity contribution in [2.45, 2.75) is 19.3 Å². The maximum Gasteiger partial charge on any atom is 0.271 e. The molecule has 0 unspecified atom stereocenters. The van der Waals surface area contributed by atoms with Crippen molar-refractivity contribution in [2.24, 2.45) is 0 Å². The van der Waals surface area contributed by atoms with Crippen LogP contribution in [0.15, 0.2) is 54.6 Å². The zero-order valence-corrected chi connectivity index (χ0v) is 13.5. The van der Waals surface area contributed by atoms with Crippen LogP contribution in [0.1, 0.15) is 18.4 Å². The van der Waals surface area contributed by atoms with E-state index in [-0.39, 0.29) is 5.69 Å². The standard InChI is InChI=1S/C17H19N3O2S/c21-20(22)16-11-6-10-15(13-16)19-17(23)18-12-5-4-9-14-7-2-1-3-8-14/h1-3,6-8,10-11,13H,4-5,9,12H2,(H2,18,19,23). The maximum absolute atomic E-state index is 10.7. The molecule has 6 heteroatoms. The number of rotatable bonds is 7. The molecule has 0 spiro atoms. The van der Waals surface area contributed by atoms with Crippen molar-refractivity contribution in [3.63, 3.8) is 0 Å². The van der Waals surface area contributed by atoms with E-state index in [1.54, 1.807) is 12.1 Å². The van der Waals surface area contributed by atoms with E-state index in [1.807, 2.05) is 18.2 Å². The predicted octanol–water partition coefficient (Wildman–Crippen LogP) is 3.90. The predicted molar refractivity (Wildman–Crippen MR) is 96.7 cm³/mol. The molecule has 5 nitrogen and oxygen atoms in total. The molecular formula is C17H19N3O2S. The molecule has 2 aromatic carbocycles. The van der Waals surface area contributed by atoms with Crippen molar-refractivity contribution in [3.8, 4) is 0 Å². The van der Waals surface area contributed by atoms with Gasteiger partial charge in [0.05, 0.1) is 4.92 Å². The number of anilines is 1. The molecule has 0 heterocycles. The Hall–Kier alpha value is -2.47. The zero-order chi connectivity index (χ0) is 16.5. The minimum absolute atomic E-state index is 0.0423. The van der Waals surface area contributed by atoms with Crippen LogP contribution in [0.4, 0.5) is 11.4 Å². The van der Waals surface area contributed by atoms with E-state index in [9.17, 15) is 10.1 Å². The summed E-state index contributed by atoms with van der Waals surface area (Å²) in [7, 11) is 0. The minimum Gasteiger partial charge on any atom is -0.362 e. The average molecular weight is 329 g/mol. The number of hydrogen-bond donors (Lipinski definition) is 2. The van der Waals surface area contributed by atoms with Crippen LogP contribution in [0.25, 0.3) is 0 Å². The van der Waals surface area contributed by atoms with Gasteiger partial charge in [0.2, 0.25) is 0 Å². The number of nitro groups is 1. The van der Waals surface area contributed by atoms with Crippen LogP contribution in [0, 0.1) is 10.1 Å². The van der Waals surface area contributed by atoms with E-state index in [2.05, 4.69) is 22.8 Å². The lowest BCUT2D eigenvalue weighted by Gasteiger charge is -2.10. The van der Waals surface area contributed by atoms with Crippen LogP contribution in [0.3, 0.4) is 0 Å². The highest BCUT2D eigenvalue weighted by Gasteiger charge is 2.06. The number of unbranched alkanes of at least 4 members (excludes halogenated alkanes) is 1. The van der Waals surface area contributed by atoms with Crippen LogP contribution >= 0.6 is 12.2 Å². The first-order valence-corrected chi connectivity index (χ1v) is 7.89. The summed E-state index contributed by atoms with van der Waals surface area (Å²) < 4.78 is 0. The molecular weight excluding hydrogens is 310 g/mol. The summed E-state index contributed by atoms with van der Waals surface area (Å²) in [6.45, 7) is 0.771. The van der Waals surface area contributed by atoms with E-state index in [1.165, 1.54) is 17.7 Å². The van der Waals surface area contributed by atoms with Gasteiger partial charge in [-0.1, -0.05) is 36.4 Å². The van der Waals surface area contributed by atoms with E-state index in [0.717, 1.165) is 25.8 Å². The normalized spacial score (nSPS) is 10.1. The van der Waals surface area contributed by atoms with Crippen molar-refractivity contribution in [1.82, 2.24) is 5.32 Å². The number of nitrogens with one attached hydrogen (secondary N) is 2. The van der Waals surface area contributed by atoms with Crippen molar-refractivity contribution in [3.05, 3.63) is 70.3 Å². The molecule has 23 heavy (non-hydrogen) atoms. The number of aryl methyl sites for hydroxylation is 1. The molecule has 2 rings (SSSR count). The van der Waals surface area contributed by atoms with Gasteiger partial charge in [0.25, 0.3) is 5.69 Å². The fraction of sp³-hybridized carbons (Fsp3) is 0.235. The number of nitrogens with zero attached hydrogens (tertiary/aromatic N) is 1. The van der Waals surface area contributed by atoms with Gasteiger partial charge in [-0.05, 0) is 43.1 Å². The fourth-order valence-electron chi connectivity index (χ4n) is 2.17. The largest absolute Gasteiger partial charge is 0.362 e. The fourth-order valence-corrected chi connectivity index (χ4v) is 2.39. The van der Waals surface area contributed by atoms with Gasteiger partial charge in [0.15, 0.2) is 5.11 Å². The highest BCUT2D eigenvalue weighted by Crippen LogP contribution is 2.16. The first kappa shape index (κ1) is 16.9. The number of thiocarbonyl (C=S) groups is 1. The molecule has 0 amide bonds. The van der Waals surface area contributed by atoms with E-state index in [0.29, 0.717) is 10.8 Å². The molecule has 120 valence electrons. The molecule has 2 N–H and O–H groups in total. The third-order valence-corrected chi connectivity index (χ3v) is 3.58. The van der Waals surface area contributed by atoms with Gasteiger partial charge >= 0.3 is 0 Å². The van der Waals surface area contributed by atoms with Gasteiger partial charge in [-0.25, -0.2) is 0 Å². The second-order valence-corrected chi connectivity index (χ2v) is 5.54. The quantitative estimate of drug-likeness (QED) is 0.349. The van der Waals surface area contributed by atoms with Gasteiger partial charge in [0, 0.05) is 24.4 Å². The van der Waals surface area contributed by atoms with Crippen LogP contribution in [0.5, 0.6) is 0 Å². The highest BCUT2D eigenvalue weighted by atomic mass is 32.1. The highest BCUT2D eigenvalue weighted by molar-refractivity contribution is 7.80. The maximum atomic E-state index is 10.7. The van der Waals surface area contributed by atoms with Gasteiger partial charge in [0.1, 0.15) is 0 Å². The summed E-state index contributed by atoms with van der Waals surface area (Å²) in [5.74, 6) is 0. The lowest BCUT2D eigenvalue weighted by molar-refractivity contribution is -0.384. The van der Waals surface area contributed by atoms with Crippen molar-refractivity contribution >= 4 is 28.7 Å². The third kappa shape index (κ3) is 6.04. The Morgan fingerprint density at radius 1 is 1.09 bits per heavy atom. The molecule has 0 aromatic heterocycles. The monoisotopic (exact) mass is 329 g/mol. The lowest BCUT2D eigenvalue weighted by Crippen LogP contribution is -2.29. The van der Waals surface area contributed by atoms with Gasteiger partial charge in [-0.15, -0.1) is 0 Å². The van der Waals surface area contributed by atoms with E-state index in [4.69, 9.17) is 12.2 Å². The Morgan fingerprint density at radius 2 is 1.87 bits per heavy atom. The first-order chi connectivity index (χ1) is 11.1.